The van der Waals surface area contributed by atoms with Gasteiger partial charge in [0.1, 0.15) is 22.3 Å². The van der Waals surface area contributed by atoms with Gasteiger partial charge < -0.3 is 13.4 Å². The molecule has 6 nitrogen and oxygen atoms in total. The van der Waals surface area contributed by atoms with Crippen molar-refractivity contribution in [2.24, 2.45) is 0 Å². The molecule has 0 aliphatic rings. The minimum Gasteiger partial charge on any atom is -0.456 e. The summed E-state index contributed by atoms with van der Waals surface area (Å²) in [5.74, 6) is 1.80. The lowest BCUT2D eigenvalue weighted by Gasteiger charge is -2.13. The van der Waals surface area contributed by atoms with E-state index in [1.54, 1.807) is 0 Å². The molecule has 0 fully saturated rings. The highest BCUT2D eigenvalue weighted by atomic mass is 16.3. The third-order valence-electron chi connectivity index (χ3n) is 11.0. The number of nitrogens with zero attached hydrogens (tertiary/aromatic N) is 4. The van der Waals surface area contributed by atoms with Crippen molar-refractivity contribution in [3.63, 3.8) is 0 Å². The normalized spacial score (nSPS) is 11.9. The second-order valence-electron chi connectivity index (χ2n) is 14.4. The van der Waals surface area contributed by atoms with Gasteiger partial charge in [-0.25, -0.2) is 15.0 Å². The lowest BCUT2D eigenvalue weighted by molar-refractivity contribution is 0.668. The second kappa shape index (κ2) is 12.3. The molecule has 4 heterocycles. The minimum atomic E-state index is 0.574. The zero-order valence-corrected chi connectivity index (χ0v) is 30.4. The number of fused-ring (bicyclic) bond motifs is 9. The highest BCUT2D eigenvalue weighted by Crippen LogP contribution is 2.44. The van der Waals surface area contributed by atoms with Crippen molar-refractivity contribution < 1.29 is 8.83 Å². The van der Waals surface area contributed by atoms with E-state index in [0.29, 0.717) is 17.5 Å². The van der Waals surface area contributed by atoms with Crippen LogP contribution in [-0.4, -0.2) is 19.5 Å². The molecule has 0 radical (unpaired) electrons. The van der Waals surface area contributed by atoms with Gasteiger partial charge in [-0.1, -0.05) is 140 Å². The van der Waals surface area contributed by atoms with Crippen molar-refractivity contribution in [2.45, 2.75) is 0 Å². The van der Waals surface area contributed by atoms with Gasteiger partial charge in [-0.3, -0.25) is 0 Å². The monoisotopic (exact) mass is 730 g/mol. The Morgan fingerprint density at radius 2 is 0.912 bits per heavy atom. The van der Waals surface area contributed by atoms with Gasteiger partial charge in [0.2, 0.25) is 0 Å². The predicted molar refractivity (Wildman–Crippen MR) is 230 cm³/mol. The Morgan fingerprint density at radius 3 is 1.60 bits per heavy atom. The summed E-state index contributed by atoms with van der Waals surface area (Å²) < 4.78 is 15.9. The summed E-state index contributed by atoms with van der Waals surface area (Å²) in [6.07, 6.45) is 0. The summed E-state index contributed by atoms with van der Waals surface area (Å²) in [4.78, 5) is 14.9. The van der Waals surface area contributed by atoms with Crippen LogP contribution in [0.5, 0.6) is 0 Å². The average molecular weight is 731 g/mol. The fraction of sp³-hybridized carbons (Fsp3) is 0. The maximum absolute atomic E-state index is 6.93. The van der Waals surface area contributed by atoms with E-state index < -0.39 is 0 Å². The van der Waals surface area contributed by atoms with E-state index in [2.05, 4.69) is 114 Å². The molecule has 6 heteroatoms. The van der Waals surface area contributed by atoms with E-state index in [4.69, 9.17) is 23.8 Å². The minimum absolute atomic E-state index is 0.574. The number of benzene rings is 8. The molecule has 8 aromatic carbocycles. The molecule has 0 unspecified atom stereocenters. The molecule has 0 amide bonds. The molecule has 0 saturated heterocycles. The van der Waals surface area contributed by atoms with Crippen LogP contribution in [-0.2, 0) is 0 Å². The molecule has 0 bridgehead atoms. The van der Waals surface area contributed by atoms with Gasteiger partial charge in [-0.15, -0.1) is 0 Å². The maximum Gasteiger partial charge on any atom is 0.164 e. The SMILES string of the molecule is c1ccc(-c2nc(-c3ccccc3)nc(-c3ccc4c(c3)oc3cc(-c5cccc6c5oc5ccccc56)cc(-n5c6ccccc6c6ccccc65)c34)n2)cc1. The van der Waals surface area contributed by atoms with Crippen molar-refractivity contribution in [2.75, 3.05) is 0 Å². The molecule has 0 N–H and O–H groups in total. The third-order valence-corrected chi connectivity index (χ3v) is 11.0. The van der Waals surface area contributed by atoms with E-state index in [1.165, 1.54) is 10.8 Å². The molecular weight excluding hydrogens is 701 g/mol. The quantitative estimate of drug-likeness (QED) is 0.176. The van der Waals surface area contributed by atoms with E-state index in [-0.39, 0.29) is 0 Å². The summed E-state index contributed by atoms with van der Waals surface area (Å²) in [5, 5.41) is 6.59. The zero-order chi connectivity index (χ0) is 37.5. The van der Waals surface area contributed by atoms with Crippen LogP contribution < -0.4 is 0 Å². The van der Waals surface area contributed by atoms with Crippen LogP contribution in [0.2, 0.25) is 0 Å². The van der Waals surface area contributed by atoms with Crippen molar-refractivity contribution in [1.82, 2.24) is 19.5 Å². The number of hydrogen-bond acceptors (Lipinski definition) is 5. The Balaban J connectivity index is 1.13. The van der Waals surface area contributed by atoms with Gasteiger partial charge in [-0.2, -0.15) is 0 Å². The fourth-order valence-electron chi connectivity index (χ4n) is 8.45. The molecule has 0 spiro atoms. The molecule has 0 aliphatic carbocycles. The van der Waals surface area contributed by atoms with Crippen LogP contribution in [0, 0.1) is 0 Å². The van der Waals surface area contributed by atoms with E-state index in [1.807, 2.05) is 72.8 Å². The van der Waals surface area contributed by atoms with Crippen LogP contribution in [0.1, 0.15) is 0 Å². The van der Waals surface area contributed by atoms with Crippen LogP contribution in [0.25, 0.3) is 117 Å². The molecule has 4 aromatic heterocycles. The Morgan fingerprint density at radius 1 is 0.351 bits per heavy atom. The molecule has 57 heavy (non-hydrogen) atoms. The van der Waals surface area contributed by atoms with Crippen LogP contribution in [0.4, 0.5) is 0 Å². The molecular formula is C51H30N4O2. The molecule has 0 aliphatic heterocycles. The predicted octanol–water partition coefficient (Wildman–Crippen LogP) is 13.4. The van der Waals surface area contributed by atoms with Gasteiger partial charge in [0.25, 0.3) is 0 Å². The van der Waals surface area contributed by atoms with E-state index in [9.17, 15) is 0 Å². The molecule has 12 rings (SSSR count). The van der Waals surface area contributed by atoms with Gasteiger partial charge in [0.05, 0.1) is 22.1 Å². The van der Waals surface area contributed by atoms with Crippen LogP contribution >= 0.6 is 0 Å². The highest BCUT2D eigenvalue weighted by Gasteiger charge is 2.22. The molecule has 0 atom stereocenters. The van der Waals surface area contributed by atoms with Crippen molar-refractivity contribution in [3.05, 3.63) is 182 Å². The second-order valence-corrected chi connectivity index (χ2v) is 14.4. The van der Waals surface area contributed by atoms with Gasteiger partial charge in [0, 0.05) is 49.2 Å². The first-order valence-electron chi connectivity index (χ1n) is 19.0. The Hall–Kier alpha value is -7.83. The van der Waals surface area contributed by atoms with Crippen molar-refractivity contribution >= 4 is 65.7 Å². The van der Waals surface area contributed by atoms with Gasteiger partial charge in [-0.05, 0) is 48.0 Å². The van der Waals surface area contributed by atoms with Gasteiger partial charge >= 0.3 is 0 Å². The maximum atomic E-state index is 6.93. The lowest BCUT2D eigenvalue weighted by atomic mass is 9.99. The summed E-state index contributed by atoms with van der Waals surface area (Å²) >= 11 is 0. The smallest absolute Gasteiger partial charge is 0.164 e. The van der Waals surface area contributed by atoms with E-state index in [0.717, 1.165) is 88.4 Å². The zero-order valence-electron chi connectivity index (χ0n) is 30.4. The van der Waals surface area contributed by atoms with E-state index >= 15 is 0 Å². The first-order valence-corrected chi connectivity index (χ1v) is 19.0. The summed E-state index contributed by atoms with van der Waals surface area (Å²) in [7, 11) is 0. The number of aromatic nitrogens is 4. The van der Waals surface area contributed by atoms with Crippen molar-refractivity contribution in [3.8, 4) is 51.0 Å². The first kappa shape index (κ1) is 31.5. The van der Waals surface area contributed by atoms with Gasteiger partial charge in [0.15, 0.2) is 17.5 Å². The number of rotatable bonds is 5. The largest absolute Gasteiger partial charge is 0.456 e. The summed E-state index contributed by atoms with van der Waals surface area (Å²) in [6.45, 7) is 0. The van der Waals surface area contributed by atoms with Crippen molar-refractivity contribution in [1.29, 1.82) is 0 Å². The summed E-state index contributed by atoms with van der Waals surface area (Å²) in [5.41, 5.74) is 11.2. The third kappa shape index (κ3) is 4.94. The highest BCUT2D eigenvalue weighted by molar-refractivity contribution is 6.16. The number of hydrogen-bond donors (Lipinski definition) is 0. The fourth-order valence-corrected chi connectivity index (χ4v) is 8.45. The Kier molecular flexibility index (Phi) is 6.83. The first-order chi connectivity index (χ1) is 28.2. The topological polar surface area (TPSA) is 69.9 Å². The standard InChI is InChI=1S/C51H30N4O2/c1-3-14-31(15-4-1)49-52-50(32-16-5-2-6-17-32)54-51(53-49)33-26-27-40-45(29-33)56-46-30-34(35-21-13-22-39-38-20-9-12-25-44(38)57-48(35)39)28-43(47(40)46)55-41-23-10-7-18-36(41)37-19-8-11-24-42(37)55/h1-30H. The van der Waals surface area contributed by atoms with Crippen LogP contribution in [0.15, 0.2) is 191 Å². The Labute approximate surface area is 325 Å². The number of para-hydroxylation sites is 4. The average Bonchev–Trinajstić information content (AvgIpc) is 3.96. The Bertz CT molecular complexity index is 3410. The molecule has 0 saturated carbocycles. The lowest BCUT2D eigenvalue weighted by Crippen LogP contribution is -2.00. The number of furan rings is 2. The summed E-state index contributed by atoms with van der Waals surface area (Å²) in [6, 6.07) is 62.6. The van der Waals surface area contributed by atoms with Crippen LogP contribution in [0.3, 0.4) is 0 Å². The molecule has 12 aromatic rings. The molecule has 266 valence electrons.